The van der Waals surface area contributed by atoms with Crippen molar-refractivity contribution >= 4 is 5.82 Å². The second-order valence-electron chi connectivity index (χ2n) is 6.05. The monoisotopic (exact) mass is 330 g/mol. The average molecular weight is 330 g/mol. The molecule has 0 bridgehead atoms. The summed E-state index contributed by atoms with van der Waals surface area (Å²) in [6, 6.07) is 18.1. The molecule has 4 heteroatoms. The van der Waals surface area contributed by atoms with Gasteiger partial charge < -0.3 is 4.74 Å². The molecule has 0 fully saturated rings. The van der Waals surface area contributed by atoms with E-state index in [-0.39, 0.29) is 0 Å². The molecule has 0 unspecified atom stereocenters. The molecule has 0 radical (unpaired) electrons. The summed E-state index contributed by atoms with van der Waals surface area (Å²) < 4.78 is 5.31. The Labute approximate surface area is 147 Å². The van der Waals surface area contributed by atoms with Crippen LogP contribution in [0.1, 0.15) is 16.7 Å². The number of aromatic amines is 1. The van der Waals surface area contributed by atoms with E-state index in [1.807, 2.05) is 30.3 Å². The number of nitrogen functional groups attached to an aromatic ring is 1. The lowest BCUT2D eigenvalue weighted by molar-refractivity contribution is -0.347. The van der Waals surface area contributed by atoms with Gasteiger partial charge in [-0.15, -0.1) is 0 Å². The normalized spacial score (nSPS) is 10.3. The molecule has 0 amide bonds. The summed E-state index contributed by atoms with van der Waals surface area (Å²) >= 11 is 0. The molecule has 3 N–H and O–H groups in total. The summed E-state index contributed by atoms with van der Waals surface area (Å²) in [7, 11) is 1.62. The van der Waals surface area contributed by atoms with Crippen LogP contribution in [0.3, 0.4) is 0 Å². The van der Waals surface area contributed by atoms with E-state index in [9.17, 15) is 5.26 Å². The molecule has 2 aromatic carbocycles. The first-order chi connectivity index (χ1) is 12.0. The first-order valence-corrected chi connectivity index (χ1v) is 8.01. The molecule has 0 aliphatic carbocycles. The summed E-state index contributed by atoms with van der Waals surface area (Å²) in [6.07, 6.45) is 0. The van der Waals surface area contributed by atoms with Crippen molar-refractivity contribution in [1.82, 2.24) is 0 Å². The number of benzene rings is 2. The number of H-pyrrole nitrogens is 1. The lowest BCUT2D eigenvalue weighted by Gasteiger charge is -2.10. The van der Waals surface area contributed by atoms with Crippen LogP contribution in [0.15, 0.2) is 48.5 Å². The van der Waals surface area contributed by atoms with Crippen LogP contribution in [0, 0.1) is 25.2 Å². The quantitative estimate of drug-likeness (QED) is 0.791. The van der Waals surface area contributed by atoms with E-state index in [0.717, 1.165) is 33.7 Å². The van der Waals surface area contributed by atoms with Gasteiger partial charge in [-0.1, -0.05) is 29.8 Å². The van der Waals surface area contributed by atoms with E-state index in [1.54, 1.807) is 7.11 Å². The smallest absolute Gasteiger partial charge is 0.289 e. The minimum Gasteiger partial charge on any atom is -0.497 e. The van der Waals surface area contributed by atoms with Crippen LogP contribution in [0.4, 0.5) is 5.82 Å². The highest BCUT2D eigenvalue weighted by molar-refractivity contribution is 5.79. The maximum Gasteiger partial charge on any atom is 0.289 e. The molecular formula is C21H20N3O+. The van der Waals surface area contributed by atoms with E-state index in [0.29, 0.717) is 11.4 Å². The fourth-order valence-electron chi connectivity index (χ4n) is 2.92. The van der Waals surface area contributed by atoms with Crippen molar-refractivity contribution < 1.29 is 9.72 Å². The zero-order valence-corrected chi connectivity index (χ0v) is 14.6. The number of anilines is 1. The van der Waals surface area contributed by atoms with Crippen molar-refractivity contribution in [1.29, 1.82) is 5.26 Å². The molecule has 0 aliphatic rings. The standard InChI is InChI=1S/C21H19N3O/c1-13-7-8-14(2)17(9-13)20-11-18(19(12-22)21(23)24-20)15-5-4-6-16(10-15)25-3/h4-11H,1-3H3,(H2,23,24)/p+1. The minimum absolute atomic E-state index is 0.360. The fourth-order valence-corrected chi connectivity index (χ4v) is 2.92. The Morgan fingerprint density at radius 2 is 1.84 bits per heavy atom. The number of aryl methyl sites for hydroxylation is 2. The van der Waals surface area contributed by atoms with Gasteiger partial charge in [-0.25, -0.2) is 4.98 Å². The minimum atomic E-state index is 0.360. The lowest BCUT2D eigenvalue weighted by atomic mass is 9.96. The molecule has 0 saturated carbocycles. The summed E-state index contributed by atoms with van der Waals surface area (Å²) in [5, 5.41) is 9.57. The molecule has 0 aliphatic heterocycles. The van der Waals surface area contributed by atoms with Crippen molar-refractivity contribution in [3.63, 3.8) is 0 Å². The largest absolute Gasteiger partial charge is 0.497 e. The highest BCUT2D eigenvalue weighted by atomic mass is 16.5. The molecule has 3 rings (SSSR count). The Morgan fingerprint density at radius 3 is 2.56 bits per heavy atom. The van der Waals surface area contributed by atoms with E-state index in [2.05, 4.69) is 43.1 Å². The van der Waals surface area contributed by atoms with Crippen molar-refractivity contribution in [3.05, 3.63) is 65.2 Å². The second-order valence-corrected chi connectivity index (χ2v) is 6.05. The molecule has 1 aromatic heterocycles. The zero-order chi connectivity index (χ0) is 18.0. The van der Waals surface area contributed by atoms with Crippen molar-refractivity contribution in [2.75, 3.05) is 12.8 Å². The number of hydrogen-bond donors (Lipinski definition) is 1. The average Bonchev–Trinajstić information content (AvgIpc) is 2.63. The van der Waals surface area contributed by atoms with Gasteiger partial charge in [0, 0.05) is 11.1 Å². The molecule has 0 saturated heterocycles. The zero-order valence-electron chi connectivity index (χ0n) is 14.6. The predicted molar refractivity (Wildman–Crippen MR) is 99.0 cm³/mol. The van der Waals surface area contributed by atoms with Gasteiger partial charge in [0.05, 0.1) is 7.11 Å². The van der Waals surface area contributed by atoms with Gasteiger partial charge in [-0.05, 0) is 49.2 Å². The Hall–Kier alpha value is -3.32. The summed E-state index contributed by atoms with van der Waals surface area (Å²) in [5.74, 6) is 1.10. The number of pyridine rings is 1. The fraction of sp³-hybridized carbons (Fsp3) is 0.143. The number of hydrogen-bond acceptors (Lipinski definition) is 3. The van der Waals surface area contributed by atoms with Gasteiger partial charge >= 0.3 is 0 Å². The molecule has 0 spiro atoms. The number of rotatable bonds is 3. The Bertz CT molecular complexity index is 987. The Morgan fingerprint density at radius 1 is 1.04 bits per heavy atom. The van der Waals surface area contributed by atoms with Crippen LogP contribution in [-0.4, -0.2) is 7.11 Å². The maximum atomic E-state index is 9.57. The van der Waals surface area contributed by atoms with Gasteiger partial charge in [-0.2, -0.15) is 5.26 Å². The van der Waals surface area contributed by atoms with Crippen molar-refractivity contribution in [2.24, 2.45) is 0 Å². The molecule has 25 heavy (non-hydrogen) atoms. The second kappa shape index (κ2) is 6.66. The molecule has 1 heterocycles. The molecular weight excluding hydrogens is 310 g/mol. The Kier molecular flexibility index (Phi) is 4.40. The van der Waals surface area contributed by atoms with Gasteiger partial charge in [0.1, 0.15) is 23.1 Å². The first-order valence-electron chi connectivity index (χ1n) is 8.01. The predicted octanol–water partition coefficient (Wildman–Crippen LogP) is 3.91. The molecule has 4 nitrogen and oxygen atoms in total. The summed E-state index contributed by atoms with van der Waals surface area (Å²) in [5.41, 5.74) is 12.5. The lowest BCUT2D eigenvalue weighted by Crippen LogP contribution is -2.17. The molecule has 0 atom stereocenters. The third-order valence-corrected chi connectivity index (χ3v) is 4.27. The molecule has 124 valence electrons. The third-order valence-electron chi connectivity index (χ3n) is 4.27. The van der Waals surface area contributed by atoms with E-state index < -0.39 is 0 Å². The van der Waals surface area contributed by atoms with Gasteiger partial charge in [0.2, 0.25) is 0 Å². The number of ether oxygens (including phenoxy) is 1. The van der Waals surface area contributed by atoms with Gasteiger partial charge in [0.15, 0.2) is 0 Å². The topological polar surface area (TPSA) is 73.2 Å². The SMILES string of the molecule is COc1cccc(-c2cc(-c3cc(C)ccc3C)[nH+]c(N)c2C#N)c1. The third kappa shape index (κ3) is 3.17. The first kappa shape index (κ1) is 16.5. The van der Waals surface area contributed by atoms with Crippen LogP contribution in [0.2, 0.25) is 0 Å². The Balaban J connectivity index is 2.26. The number of nitrogens with two attached hydrogens (primary N) is 1. The highest BCUT2D eigenvalue weighted by Crippen LogP contribution is 2.32. The summed E-state index contributed by atoms with van der Waals surface area (Å²) in [6.45, 7) is 4.11. The van der Waals surface area contributed by atoms with E-state index >= 15 is 0 Å². The summed E-state index contributed by atoms with van der Waals surface area (Å²) in [4.78, 5) is 3.17. The van der Waals surface area contributed by atoms with E-state index in [1.165, 1.54) is 5.56 Å². The van der Waals surface area contributed by atoms with Crippen LogP contribution in [-0.2, 0) is 0 Å². The number of nitrogens with zero attached hydrogens (tertiary/aromatic N) is 1. The van der Waals surface area contributed by atoms with Crippen LogP contribution < -0.4 is 15.5 Å². The van der Waals surface area contributed by atoms with Gasteiger partial charge in [0.25, 0.3) is 5.82 Å². The molecule has 3 aromatic rings. The van der Waals surface area contributed by atoms with Crippen LogP contribution >= 0.6 is 0 Å². The van der Waals surface area contributed by atoms with E-state index in [4.69, 9.17) is 10.5 Å². The maximum absolute atomic E-state index is 9.57. The van der Waals surface area contributed by atoms with Gasteiger partial charge in [-0.3, -0.25) is 5.73 Å². The number of aromatic nitrogens is 1. The van der Waals surface area contributed by atoms with Crippen LogP contribution in [0.25, 0.3) is 22.4 Å². The van der Waals surface area contributed by atoms with Crippen LogP contribution in [0.5, 0.6) is 5.75 Å². The number of nitriles is 1. The van der Waals surface area contributed by atoms with Crippen molar-refractivity contribution in [3.8, 4) is 34.2 Å². The number of methoxy groups -OCH3 is 1. The number of nitrogens with one attached hydrogen (secondary N) is 1. The highest BCUT2D eigenvalue weighted by Gasteiger charge is 2.18. The van der Waals surface area contributed by atoms with Crippen molar-refractivity contribution in [2.45, 2.75) is 13.8 Å².